The van der Waals surface area contributed by atoms with Gasteiger partial charge in [0.05, 0.1) is 19.6 Å². The number of methoxy groups -OCH3 is 2. The Bertz CT molecular complexity index is 688. The SMILES string of the molecule is COC(=O)CC(=O)C1CCC(c2ncc(C3(C(=O)OC)CC3)cn2)CC1. The predicted octanol–water partition coefficient (Wildman–Crippen LogP) is 2.09. The predicted molar refractivity (Wildman–Crippen MR) is 91.3 cm³/mol. The first-order chi connectivity index (χ1) is 12.5. The molecule has 0 saturated heterocycles. The van der Waals surface area contributed by atoms with Crippen molar-refractivity contribution >= 4 is 17.7 Å². The third-order valence-corrected chi connectivity index (χ3v) is 5.64. The van der Waals surface area contributed by atoms with Gasteiger partial charge in [0.15, 0.2) is 0 Å². The molecule has 2 fully saturated rings. The fourth-order valence-electron chi connectivity index (χ4n) is 3.76. The molecule has 0 radical (unpaired) electrons. The van der Waals surface area contributed by atoms with Gasteiger partial charge in [0.25, 0.3) is 0 Å². The van der Waals surface area contributed by atoms with Crippen LogP contribution < -0.4 is 0 Å². The number of carbonyl (C=O) groups is 3. The van der Waals surface area contributed by atoms with Crippen molar-refractivity contribution in [2.24, 2.45) is 5.92 Å². The molecule has 3 rings (SSSR count). The van der Waals surface area contributed by atoms with Crippen LogP contribution in [0.15, 0.2) is 12.4 Å². The van der Waals surface area contributed by atoms with Crippen LogP contribution in [-0.2, 0) is 29.3 Å². The smallest absolute Gasteiger partial charge is 0.316 e. The van der Waals surface area contributed by atoms with Crippen LogP contribution >= 0.6 is 0 Å². The lowest BCUT2D eigenvalue weighted by molar-refractivity contribution is -0.145. The van der Waals surface area contributed by atoms with E-state index in [0.717, 1.165) is 49.9 Å². The summed E-state index contributed by atoms with van der Waals surface area (Å²) in [5.41, 5.74) is 0.265. The summed E-state index contributed by atoms with van der Waals surface area (Å²) in [4.78, 5) is 44.2. The molecule has 26 heavy (non-hydrogen) atoms. The van der Waals surface area contributed by atoms with E-state index in [1.807, 2.05) is 0 Å². The zero-order chi connectivity index (χ0) is 18.7. The molecule has 2 saturated carbocycles. The fourth-order valence-corrected chi connectivity index (χ4v) is 3.76. The van der Waals surface area contributed by atoms with Gasteiger partial charge in [-0.1, -0.05) is 0 Å². The summed E-state index contributed by atoms with van der Waals surface area (Å²) >= 11 is 0. The highest BCUT2D eigenvalue weighted by molar-refractivity contribution is 5.96. The van der Waals surface area contributed by atoms with Crippen LogP contribution in [0.25, 0.3) is 0 Å². The molecule has 0 aliphatic heterocycles. The number of esters is 2. The normalized spacial score (nSPS) is 23.8. The van der Waals surface area contributed by atoms with Crippen LogP contribution in [0.3, 0.4) is 0 Å². The highest BCUT2D eigenvalue weighted by atomic mass is 16.5. The van der Waals surface area contributed by atoms with Gasteiger partial charge in [0.1, 0.15) is 18.0 Å². The zero-order valence-electron chi connectivity index (χ0n) is 15.2. The Morgan fingerprint density at radius 2 is 1.65 bits per heavy atom. The van der Waals surface area contributed by atoms with E-state index in [2.05, 4.69) is 14.7 Å². The Morgan fingerprint density at radius 3 is 2.15 bits per heavy atom. The number of hydrogen-bond donors (Lipinski definition) is 0. The van der Waals surface area contributed by atoms with Crippen molar-refractivity contribution in [3.05, 3.63) is 23.8 Å². The first kappa shape index (κ1) is 18.5. The van der Waals surface area contributed by atoms with E-state index in [9.17, 15) is 14.4 Å². The Hall–Kier alpha value is -2.31. The summed E-state index contributed by atoms with van der Waals surface area (Å²) in [5.74, 6) is 0.140. The van der Waals surface area contributed by atoms with Gasteiger partial charge in [-0.15, -0.1) is 0 Å². The first-order valence-corrected chi connectivity index (χ1v) is 9.00. The highest BCUT2D eigenvalue weighted by Crippen LogP contribution is 2.48. The van der Waals surface area contributed by atoms with E-state index in [1.165, 1.54) is 14.2 Å². The quantitative estimate of drug-likeness (QED) is 0.566. The van der Waals surface area contributed by atoms with Crippen molar-refractivity contribution in [2.45, 2.75) is 56.3 Å². The first-order valence-electron chi connectivity index (χ1n) is 9.00. The second-order valence-corrected chi connectivity index (χ2v) is 7.17. The van der Waals surface area contributed by atoms with Crippen LogP contribution in [0.4, 0.5) is 0 Å². The molecule has 1 aromatic heterocycles. The van der Waals surface area contributed by atoms with Crippen molar-refractivity contribution in [3.63, 3.8) is 0 Å². The topological polar surface area (TPSA) is 95.5 Å². The summed E-state index contributed by atoms with van der Waals surface area (Å²) in [6.07, 6.45) is 7.98. The zero-order valence-corrected chi connectivity index (χ0v) is 15.2. The number of ether oxygens (including phenoxy) is 2. The molecule has 0 unspecified atom stereocenters. The molecule has 0 amide bonds. The molecule has 140 valence electrons. The van der Waals surface area contributed by atoms with Gasteiger partial charge >= 0.3 is 11.9 Å². The van der Waals surface area contributed by atoms with Crippen LogP contribution in [0.1, 0.15) is 62.3 Å². The number of hydrogen-bond acceptors (Lipinski definition) is 7. The second-order valence-electron chi connectivity index (χ2n) is 7.17. The largest absolute Gasteiger partial charge is 0.469 e. The van der Waals surface area contributed by atoms with Gasteiger partial charge in [0, 0.05) is 29.8 Å². The van der Waals surface area contributed by atoms with Crippen LogP contribution in [0, 0.1) is 5.92 Å². The van der Waals surface area contributed by atoms with E-state index in [0.29, 0.717) is 0 Å². The van der Waals surface area contributed by atoms with Crippen molar-refractivity contribution in [1.29, 1.82) is 0 Å². The Morgan fingerprint density at radius 1 is 1.04 bits per heavy atom. The number of ketones is 1. The average Bonchev–Trinajstić information content (AvgIpc) is 3.49. The lowest BCUT2D eigenvalue weighted by Crippen LogP contribution is -2.25. The van der Waals surface area contributed by atoms with E-state index in [-0.39, 0.29) is 30.0 Å². The van der Waals surface area contributed by atoms with Gasteiger partial charge < -0.3 is 9.47 Å². The molecule has 0 spiro atoms. The summed E-state index contributed by atoms with van der Waals surface area (Å²) in [6, 6.07) is 0. The average molecular weight is 360 g/mol. The van der Waals surface area contributed by atoms with Crippen molar-refractivity contribution < 1.29 is 23.9 Å². The van der Waals surface area contributed by atoms with Gasteiger partial charge in [-0.25, -0.2) is 9.97 Å². The molecule has 0 bridgehead atoms. The molecule has 7 heteroatoms. The number of rotatable bonds is 6. The molecule has 1 aromatic rings. The maximum atomic E-state index is 12.1. The molecule has 0 N–H and O–H groups in total. The van der Waals surface area contributed by atoms with Crippen molar-refractivity contribution in [3.8, 4) is 0 Å². The van der Waals surface area contributed by atoms with Gasteiger partial charge in [-0.05, 0) is 38.5 Å². The van der Waals surface area contributed by atoms with Crippen LogP contribution in [0.2, 0.25) is 0 Å². The lowest BCUT2D eigenvalue weighted by atomic mass is 9.79. The summed E-state index contributed by atoms with van der Waals surface area (Å²) in [5, 5.41) is 0. The Balaban J connectivity index is 1.58. The standard InChI is InChI=1S/C19H24N2O5/c1-25-16(23)9-15(22)12-3-5-13(6-4-12)17-20-10-14(11-21-17)19(7-8-19)18(24)26-2/h10-13H,3-9H2,1-2H3. The minimum atomic E-state index is -0.550. The van der Waals surface area contributed by atoms with Gasteiger partial charge in [0.2, 0.25) is 0 Å². The maximum absolute atomic E-state index is 12.1. The monoisotopic (exact) mass is 360 g/mol. The second kappa shape index (κ2) is 7.51. The minimum absolute atomic E-state index is 0.0414. The fraction of sp³-hybridized carbons (Fsp3) is 0.632. The summed E-state index contributed by atoms with van der Waals surface area (Å²) < 4.78 is 9.45. The van der Waals surface area contributed by atoms with Crippen molar-refractivity contribution in [2.75, 3.05) is 14.2 Å². The molecule has 0 aromatic carbocycles. The molecular formula is C19H24N2O5. The maximum Gasteiger partial charge on any atom is 0.316 e. The summed E-state index contributed by atoms with van der Waals surface area (Å²) in [6.45, 7) is 0. The molecular weight excluding hydrogens is 336 g/mol. The number of nitrogens with zero attached hydrogens (tertiary/aromatic N) is 2. The molecule has 2 aliphatic rings. The van der Waals surface area contributed by atoms with Gasteiger partial charge in [-0.2, -0.15) is 0 Å². The molecule has 7 nitrogen and oxygen atoms in total. The summed E-state index contributed by atoms with van der Waals surface area (Å²) in [7, 11) is 2.69. The number of Topliss-reactive ketones (excluding diaryl/α,β-unsaturated/α-hetero) is 1. The van der Waals surface area contributed by atoms with E-state index >= 15 is 0 Å². The Labute approximate surface area is 152 Å². The lowest BCUT2D eigenvalue weighted by Gasteiger charge is -2.26. The number of aromatic nitrogens is 2. The molecule has 2 aliphatic carbocycles. The highest BCUT2D eigenvalue weighted by Gasteiger charge is 2.53. The van der Waals surface area contributed by atoms with E-state index in [1.54, 1.807) is 12.4 Å². The van der Waals surface area contributed by atoms with Gasteiger partial charge in [-0.3, -0.25) is 14.4 Å². The van der Waals surface area contributed by atoms with E-state index in [4.69, 9.17) is 4.74 Å². The van der Waals surface area contributed by atoms with Crippen LogP contribution in [0.5, 0.6) is 0 Å². The molecule has 0 atom stereocenters. The third-order valence-electron chi connectivity index (χ3n) is 5.64. The van der Waals surface area contributed by atoms with Crippen LogP contribution in [-0.4, -0.2) is 41.9 Å². The minimum Gasteiger partial charge on any atom is -0.469 e. The third kappa shape index (κ3) is 3.61. The van der Waals surface area contributed by atoms with Crippen molar-refractivity contribution in [1.82, 2.24) is 9.97 Å². The Kier molecular flexibility index (Phi) is 5.34. The number of carbonyl (C=O) groups excluding carboxylic acids is 3. The molecule has 1 heterocycles. The van der Waals surface area contributed by atoms with E-state index < -0.39 is 11.4 Å².